The number of nitrogens with one attached hydrogen (secondary N) is 1. The molecule has 104 valence electrons. The number of carbonyl (C=O) groups excluding carboxylic acids is 1. The number of carbonyl (C=O) groups is 2. The summed E-state index contributed by atoms with van der Waals surface area (Å²) in [6.07, 6.45) is 0. The van der Waals surface area contributed by atoms with Crippen LogP contribution in [0.25, 0.3) is 0 Å². The molecular weight excluding hydrogens is 293 g/mol. The van der Waals surface area contributed by atoms with Crippen LogP contribution in [0.3, 0.4) is 0 Å². The first-order chi connectivity index (χ1) is 8.95. The van der Waals surface area contributed by atoms with Crippen LogP contribution in [-0.4, -0.2) is 34.9 Å². The summed E-state index contributed by atoms with van der Waals surface area (Å²) in [7, 11) is 0. The Morgan fingerprint density at radius 1 is 1.47 bits per heavy atom. The zero-order valence-corrected chi connectivity index (χ0v) is 11.7. The molecule has 7 heteroatoms. The van der Waals surface area contributed by atoms with Gasteiger partial charge < -0.3 is 10.4 Å². The number of amides is 1. The first kappa shape index (κ1) is 15.8. The number of benzene rings is 1. The van der Waals surface area contributed by atoms with Crippen molar-refractivity contribution >= 4 is 35.2 Å². The number of carboxylic acid groups (broad SMARTS) is 1. The average molecular weight is 306 g/mol. The van der Waals surface area contributed by atoms with Gasteiger partial charge in [0.2, 0.25) is 5.91 Å². The fourth-order valence-corrected chi connectivity index (χ4v) is 2.40. The maximum atomic E-state index is 12.4. The van der Waals surface area contributed by atoms with Crippen molar-refractivity contribution in [1.29, 1.82) is 0 Å². The second-order valence-electron chi connectivity index (χ2n) is 3.74. The molecule has 2 unspecified atom stereocenters. The second kappa shape index (κ2) is 7.35. The van der Waals surface area contributed by atoms with E-state index in [1.807, 2.05) is 0 Å². The topological polar surface area (TPSA) is 66.4 Å². The highest BCUT2D eigenvalue weighted by Crippen LogP contribution is 2.29. The minimum absolute atomic E-state index is 0.507. The number of hydrogen-bond acceptors (Lipinski definition) is 3. The maximum Gasteiger partial charge on any atom is 0.328 e. The molecule has 0 spiro atoms. The molecule has 0 aliphatic rings. The van der Waals surface area contributed by atoms with Crippen LogP contribution in [0.15, 0.2) is 29.2 Å². The molecule has 0 fully saturated rings. The van der Waals surface area contributed by atoms with E-state index >= 15 is 0 Å². The predicted molar refractivity (Wildman–Crippen MR) is 72.3 cm³/mol. The Kier molecular flexibility index (Phi) is 6.11. The Hall–Kier alpha value is -1.27. The van der Waals surface area contributed by atoms with Gasteiger partial charge >= 0.3 is 5.97 Å². The molecule has 0 heterocycles. The molecule has 0 bridgehead atoms. The zero-order chi connectivity index (χ0) is 14.4. The predicted octanol–water partition coefficient (Wildman–Crippen LogP) is 2.36. The SMILES string of the molecule is CC(Sc1ccccc1Cl)C(=O)NC(CF)C(=O)O. The number of alkyl halides is 1. The van der Waals surface area contributed by atoms with E-state index in [2.05, 4.69) is 5.32 Å². The van der Waals surface area contributed by atoms with Crippen molar-refractivity contribution in [1.82, 2.24) is 5.32 Å². The summed E-state index contributed by atoms with van der Waals surface area (Å²) in [5, 5.41) is 10.7. The van der Waals surface area contributed by atoms with Crippen molar-refractivity contribution in [3.05, 3.63) is 29.3 Å². The lowest BCUT2D eigenvalue weighted by molar-refractivity contribution is -0.142. The van der Waals surface area contributed by atoms with Gasteiger partial charge in [-0.05, 0) is 19.1 Å². The number of rotatable bonds is 6. The lowest BCUT2D eigenvalue weighted by Gasteiger charge is -2.15. The molecule has 2 N–H and O–H groups in total. The summed E-state index contributed by atoms with van der Waals surface area (Å²) < 4.78 is 12.4. The molecule has 1 aromatic rings. The second-order valence-corrected chi connectivity index (χ2v) is 5.53. The monoisotopic (exact) mass is 305 g/mol. The fourth-order valence-electron chi connectivity index (χ4n) is 1.24. The largest absolute Gasteiger partial charge is 0.480 e. The van der Waals surface area contributed by atoms with E-state index in [-0.39, 0.29) is 0 Å². The van der Waals surface area contributed by atoms with E-state index in [0.29, 0.717) is 9.92 Å². The molecule has 19 heavy (non-hydrogen) atoms. The van der Waals surface area contributed by atoms with Gasteiger partial charge in [0.15, 0.2) is 6.04 Å². The molecule has 1 rings (SSSR count). The molecule has 0 radical (unpaired) electrons. The smallest absolute Gasteiger partial charge is 0.328 e. The van der Waals surface area contributed by atoms with Crippen LogP contribution in [0.2, 0.25) is 5.02 Å². The van der Waals surface area contributed by atoms with Crippen molar-refractivity contribution in [3.63, 3.8) is 0 Å². The van der Waals surface area contributed by atoms with Crippen molar-refractivity contribution in [2.75, 3.05) is 6.67 Å². The van der Waals surface area contributed by atoms with Gasteiger partial charge in [-0.3, -0.25) is 4.79 Å². The van der Waals surface area contributed by atoms with Crippen molar-refractivity contribution in [2.45, 2.75) is 23.1 Å². The zero-order valence-electron chi connectivity index (χ0n) is 10.1. The van der Waals surface area contributed by atoms with E-state index in [1.54, 1.807) is 31.2 Å². The standard InChI is InChI=1S/C12H13ClFNO3S/c1-7(11(16)15-9(6-14)12(17)18)19-10-5-3-2-4-8(10)13/h2-5,7,9H,6H2,1H3,(H,15,16)(H,17,18). The average Bonchev–Trinajstić information content (AvgIpc) is 2.37. The van der Waals surface area contributed by atoms with Gasteiger partial charge in [-0.1, -0.05) is 23.7 Å². The van der Waals surface area contributed by atoms with E-state index in [9.17, 15) is 14.0 Å². The van der Waals surface area contributed by atoms with Crippen LogP contribution in [-0.2, 0) is 9.59 Å². The van der Waals surface area contributed by atoms with Gasteiger partial charge in [-0.25, -0.2) is 9.18 Å². The van der Waals surface area contributed by atoms with E-state index < -0.39 is 29.8 Å². The first-order valence-corrected chi connectivity index (χ1v) is 6.71. The number of hydrogen-bond donors (Lipinski definition) is 2. The van der Waals surface area contributed by atoms with Gasteiger partial charge in [0, 0.05) is 4.90 Å². The first-order valence-electron chi connectivity index (χ1n) is 5.46. The third-order valence-corrected chi connectivity index (χ3v) is 3.90. The highest BCUT2D eigenvalue weighted by atomic mass is 35.5. The van der Waals surface area contributed by atoms with Gasteiger partial charge in [-0.2, -0.15) is 0 Å². The molecule has 2 atom stereocenters. The highest BCUT2D eigenvalue weighted by molar-refractivity contribution is 8.00. The van der Waals surface area contributed by atoms with Crippen LogP contribution in [0.5, 0.6) is 0 Å². The Balaban J connectivity index is 2.63. The molecule has 1 aromatic carbocycles. The fraction of sp³-hybridized carbons (Fsp3) is 0.333. The van der Waals surface area contributed by atoms with E-state index in [4.69, 9.17) is 16.7 Å². The Labute approximate surface area is 119 Å². The van der Waals surface area contributed by atoms with Crippen molar-refractivity contribution in [2.24, 2.45) is 0 Å². The Morgan fingerprint density at radius 2 is 2.11 bits per heavy atom. The lowest BCUT2D eigenvalue weighted by Crippen LogP contribution is -2.45. The normalized spacial score (nSPS) is 13.6. The molecule has 0 aromatic heterocycles. The molecule has 0 saturated heterocycles. The van der Waals surface area contributed by atoms with Crippen LogP contribution in [0.1, 0.15) is 6.92 Å². The Bertz CT molecular complexity index is 472. The lowest BCUT2D eigenvalue weighted by atomic mass is 10.3. The number of aliphatic carboxylic acids is 1. The minimum atomic E-state index is -1.51. The van der Waals surface area contributed by atoms with Gasteiger partial charge in [0.25, 0.3) is 0 Å². The van der Waals surface area contributed by atoms with Crippen LogP contribution in [0.4, 0.5) is 4.39 Å². The molecule has 4 nitrogen and oxygen atoms in total. The van der Waals surface area contributed by atoms with Crippen LogP contribution in [0, 0.1) is 0 Å². The molecule has 0 aliphatic carbocycles. The van der Waals surface area contributed by atoms with Gasteiger partial charge in [-0.15, -0.1) is 11.8 Å². The number of halogens is 2. The summed E-state index contributed by atoms with van der Waals surface area (Å²) in [6, 6.07) is 5.47. The summed E-state index contributed by atoms with van der Waals surface area (Å²) in [6.45, 7) is 0.449. The summed E-state index contributed by atoms with van der Waals surface area (Å²) >= 11 is 7.13. The van der Waals surface area contributed by atoms with Crippen LogP contribution < -0.4 is 5.32 Å². The third-order valence-electron chi connectivity index (χ3n) is 2.28. The van der Waals surface area contributed by atoms with Gasteiger partial charge in [0.05, 0.1) is 10.3 Å². The molecular formula is C12H13ClFNO3S. The quantitative estimate of drug-likeness (QED) is 0.792. The van der Waals surface area contributed by atoms with E-state index in [1.165, 1.54) is 11.8 Å². The van der Waals surface area contributed by atoms with Crippen molar-refractivity contribution in [3.8, 4) is 0 Å². The summed E-state index contributed by atoms with van der Waals surface area (Å²) in [4.78, 5) is 23.1. The summed E-state index contributed by atoms with van der Waals surface area (Å²) in [5.74, 6) is -1.94. The van der Waals surface area contributed by atoms with Crippen LogP contribution >= 0.6 is 23.4 Å². The maximum absolute atomic E-state index is 12.4. The van der Waals surface area contributed by atoms with Crippen molar-refractivity contribution < 1.29 is 19.1 Å². The third kappa shape index (κ3) is 4.72. The summed E-state index contributed by atoms with van der Waals surface area (Å²) in [5.41, 5.74) is 0. The highest BCUT2D eigenvalue weighted by Gasteiger charge is 2.23. The number of carboxylic acids is 1. The molecule has 1 amide bonds. The van der Waals surface area contributed by atoms with E-state index in [0.717, 1.165) is 0 Å². The molecule has 0 aliphatic heterocycles. The molecule has 0 saturated carbocycles. The van der Waals surface area contributed by atoms with Gasteiger partial charge in [0.1, 0.15) is 6.67 Å². The minimum Gasteiger partial charge on any atom is -0.480 e. The Morgan fingerprint density at radius 3 is 2.63 bits per heavy atom. The number of thioether (sulfide) groups is 1.